The monoisotopic (exact) mass is 414 g/mol. The van der Waals surface area contributed by atoms with Gasteiger partial charge in [0.15, 0.2) is 0 Å². The zero-order valence-electron chi connectivity index (χ0n) is 17.5. The minimum atomic E-state index is -0.645. The summed E-state index contributed by atoms with van der Waals surface area (Å²) in [5.74, 6) is 1.63. The third-order valence-corrected chi connectivity index (χ3v) is 4.98. The molecule has 0 saturated carbocycles. The highest BCUT2D eigenvalue weighted by atomic mass is 16.5. The van der Waals surface area contributed by atoms with Gasteiger partial charge in [-0.05, 0) is 41.3 Å². The van der Waals surface area contributed by atoms with Crippen LogP contribution in [0, 0.1) is 22.7 Å². The Balaban J connectivity index is 2.02. The van der Waals surface area contributed by atoms with Crippen LogP contribution in [-0.4, -0.2) is 12.1 Å². The first-order chi connectivity index (χ1) is 14.9. The predicted molar refractivity (Wildman–Crippen MR) is 118 cm³/mol. The van der Waals surface area contributed by atoms with E-state index in [1.54, 1.807) is 25.3 Å². The second-order valence-corrected chi connectivity index (χ2v) is 7.26. The van der Waals surface area contributed by atoms with Crippen molar-refractivity contribution < 1.29 is 9.47 Å². The van der Waals surface area contributed by atoms with Crippen LogP contribution in [0.4, 0.5) is 5.82 Å². The van der Waals surface area contributed by atoms with E-state index in [1.807, 2.05) is 36.4 Å². The Morgan fingerprint density at radius 1 is 1.06 bits per heavy atom. The van der Waals surface area contributed by atoms with Crippen LogP contribution in [0.15, 0.2) is 47.3 Å². The van der Waals surface area contributed by atoms with E-state index < -0.39 is 5.56 Å². The minimum Gasteiger partial charge on any atom is -0.496 e. The Labute approximate surface area is 180 Å². The highest BCUT2D eigenvalue weighted by molar-refractivity contribution is 5.80. The number of nitrogens with zero attached hydrogens (tertiary/aromatic N) is 2. The fraction of sp³-hybridized carbons (Fsp3) is 0.208. The van der Waals surface area contributed by atoms with Crippen molar-refractivity contribution in [1.82, 2.24) is 4.98 Å². The molecule has 0 aliphatic carbocycles. The number of ether oxygens (including phenoxy) is 2. The lowest BCUT2D eigenvalue weighted by molar-refractivity contribution is 0.296. The number of hydrogen-bond donors (Lipinski definition) is 2. The number of methoxy groups -OCH3 is 1. The molecule has 3 N–H and O–H groups in total. The molecule has 0 bridgehead atoms. The molecule has 1 aromatic heterocycles. The molecule has 3 aromatic rings. The molecule has 1 heterocycles. The molecule has 0 fully saturated rings. The molecule has 2 aromatic carbocycles. The highest BCUT2D eigenvalue weighted by Crippen LogP contribution is 2.32. The van der Waals surface area contributed by atoms with E-state index in [0.717, 1.165) is 0 Å². The zero-order chi connectivity index (χ0) is 22.5. The maximum absolute atomic E-state index is 12.2. The average molecular weight is 414 g/mol. The molecular formula is C24H22N4O3. The van der Waals surface area contributed by atoms with Crippen LogP contribution < -0.4 is 20.8 Å². The van der Waals surface area contributed by atoms with Crippen molar-refractivity contribution in [3.8, 4) is 34.8 Å². The van der Waals surface area contributed by atoms with Crippen LogP contribution in [0.5, 0.6) is 11.5 Å². The van der Waals surface area contributed by atoms with E-state index in [-0.39, 0.29) is 29.1 Å². The van der Waals surface area contributed by atoms with Gasteiger partial charge in [-0.15, -0.1) is 0 Å². The summed E-state index contributed by atoms with van der Waals surface area (Å²) in [6.07, 6.45) is 0. The number of H-pyrrole nitrogens is 1. The summed E-state index contributed by atoms with van der Waals surface area (Å²) in [7, 11) is 1.54. The Hall–Kier alpha value is -4.23. The van der Waals surface area contributed by atoms with E-state index in [2.05, 4.69) is 18.8 Å². The Morgan fingerprint density at radius 2 is 1.74 bits per heavy atom. The van der Waals surface area contributed by atoms with Crippen molar-refractivity contribution in [3.05, 3.63) is 75.1 Å². The first-order valence-corrected chi connectivity index (χ1v) is 9.65. The molecule has 0 radical (unpaired) electrons. The van der Waals surface area contributed by atoms with Gasteiger partial charge in [0.25, 0.3) is 5.56 Å². The van der Waals surface area contributed by atoms with Crippen molar-refractivity contribution in [2.24, 2.45) is 0 Å². The number of nitrogen functional groups attached to an aromatic ring is 1. The van der Waals surface area contributed by atoms with E-state index in [0.29, 0.717) is 28.5 Å². The first-order valence-electron chi connectivity index (χ1n) is 9.65. The standard InChI is InChI=1S/C24H22N4O3/c1-14(2)15-4-7-18(8-5-15)31-13-17-10-16(6-9-21(17)30-3)22-19(11-25)23(27)28-24(29)20(22)12-26/h4-10,14H,13H2,1-3H3,(H3,27,28,29). The van der Waals surface area contributed by atoms with Crippen LogP contribution >= 0.6 is 0 Å². The molecule has 0 saturated heterocycles. The molecule has 0 spiro atoms. The SMILES string of the molecule is COc1ccc(-c2c(C#N)c(N)[nH]c(=O)c2C#N)cc1COc1ccc(C(C)C)cc1. The van der Waals surface area contributed by atoms with E-state index in [1.165, 1.54) is 5.56 Å². The summed E-state index contributed by atoms with van der Waals surface area (Å²) in [5, 5.41) is 19.0. The molecule has 0 aliphatic heterocycles. The van der Waals surface area contributed by atoms with Crippen LogP contribution in [0.25, 0.3) is 11.1 Å². The molecule has 3 rings (SSSR count). The number of anilines is 1. The number of hydrogen-bond acceptors (Lipinski definition) is 6. The molecule has 0 unspecified atom stereocenters. The molecule has 31 heavy (non-hydrogen) atoms. The van der Waals surface area contributed by atoms with Crippen LogP contribution in [0.1, 0.15) is 42.0 Å². The Kier molecular flexibility index (Phi) is 6.28. The normalized spacial score (nSPS) is 10.4. The van der Waals surface area contributed by atoms with E-state index in [9.17, 15) is 15.3 Å². The lowest BCUT2D eigenvalue weighted by atomic mass is 9.95. The number of pyridine rings is 1. The van der Waals surface area contributed by atoms with Gasteiger partial charge in [-0.1, -0.05) is 32.0 Å². The highest BCUT2D eigenvalue weighted by Gasteiger charge is 2.19. The number of nitrogens with two attached hydrogens (primary N) is 1. The number of nitrogens with one attached hydrogen (secondary N) is 1. The molecule has 0 aliphatic rings. The first kappa shape index (κ1) is 21.5. The quantitative estimate of drug-likeness (QED) is 0.626. The maximum atomic E-state index is 12.2. The van der Waals surface area contributed by atoms with Gasteiger partial charge < -0.3 is 20.2 Å². The Morgan fingerprint density at radius 3 is 2.32 bits per heavy atom. The maximum Gasteiger partial charge on any atom is 0.268 e. The molecule has 0 atom stereocenters. The molecule has 0 amide bonds. The fourth-order valence-electron chi connectivity index (χ4n) is 3.29. The summed E-state index contributed by atoms with van der Waals surface area (Å²) >= 11 is 0. The lowest BCUT2D eigenvalue weighted by Gasteiger charge is -2.14. The van der Waals surface area contributed by atoms with Crippen molar-refractivity contribution >= 4 is 5.82 Å². The summed E-state index contributed by atoms with van der Waals surface area (Å²) in [6, 6.07) is 16.8. The topological polar surface area (TPSA) is 125 Å². The van der Waals surface area contributed by atoms with E-state index >= 15 is 0 Å². The second kappa shape index (κ2) is 9.06. The number of nitriles is 2. The summed E-state index contributed by atoms with van der Waals surface area (Å²) in [5.41, 5.74) is 7.64. The van der Waals surface area contributed by atoms with Crippen LogP contribution in [0.3, 0.4) is 0 Å². The van der Waals surface area contributed by atoms with E-state index in [4.69, 9.17) is 15.2 Å². The van der Waals surface area contributed by atoms with Gasteiger partial charge in [0, 0.05) is 11.1 Å². The molecule has 7 heteroatoms. The van der Waals surface area contributed by atoms with Crippen molar-refractivity contribution in [2.75, 3.05) is 12.8 Å². The number of rotatable bonds is 6. The van der Waals surface area contributed by atoms with Gasteiger partial charge in [-0.25, -0.2) is 0 Å². The van der Waals surface area contributed by atoms with Gasteiger partial charge in [0.2, 0.25) is 0 Å². The molecule has 7 nitrogen and oxygen atoms in total. The average Bonchev–Trinajstić information content (AvgIpc) is 2.77. The van der Waals surface area contributed by atoms with Crippen LogP contribution in [-0.2, 0) is 6.61 Å². The lowest BCUT2D eigenvalue weighted by Crippen LogP contribution is -2.16. The third kappa shape index (κ3) is 4.36. The fourth-order valence-corrected chi connectivity index (χ4v) is 3.29. The molecular weight excluding hydrogens is 392 g/mol. The van der Waals surface area contributed by atoms with Crippen molar-refractivity contribution in [3.63, 3.8) is 0 Å². The predicted octanol–water partition coefficient (Wildman–Crippen LogP) is 4.08. The van der Waals surface area contributed by atoms with Gasteiger partial charge in [0.1, 0.15) is 47.2 Å². The zero-order valence-corrected chi connectivity index (χ0v) is 17.5. The summed E-state index contributed by atoms with van der Waals surface area (Å²) in [6.45, 7) is 4.44. The van der Waals surface area contributed by atoms with Gasteiger partial charge in [-0.2, -0.15) is 10.5 Å². The number of aromatic amines is 1. The second-order valence-electron chi connectivity index (χ2n) is 7.26. The summed E-state index contributed by atoms with van der Waals surface area (Å²) < 4.78 is 11.4. The number of aromatic nitrogens is 1. The van der Waals surface area contributed by atoms with Gasteiger partial charge >= 0.3 is 0 Å². The minimum absolute atomic E-state index is 0.0393. The van der Waals surface area contributed by atoms with Crippen LogP contribution in [0.2, 0.25) is 0 Å². The van der Waals surface area contributed by atoms with Gasteiger partial charge in [-0.3, -0.25) is 4.79 Å². The van der Waals surface area contributed by atoms with Crippen molar-refractivity contribution in [1.29, 1.82) is 10.5 Å². The number of benzene rings is 2. The van der Waals surface area contributed by atoms with Gasteiger partial charge in [0.05, 0.1) is 7.11 Å². The molecule has 156 valence electrons. The largest absolute Gasteiger partial charge is 0.496 e. The Bertz CT molecular complexity index is 1250. The smallest absolute Gasteiger partial charge is 0.268 e. The third-order valence-electron chi connectivity index (χ3n) is 4.98. The summed E-state index contributed by atoms with van der Waals surface area (Å²) in [4.78, 5) is 14.6. The van der Waals surface area contributed by atoms with Crippen molar-refractivity contribution in [2.45, 2.75) is 26.4 Å².